The van der Waals surface area contributed by atoms with Gasteiger partial charge in [0, 0.05) is 31.9 Å². The van der Waals surface area contributed by atoms with E-state index in [0.717, 1.165) is 28.6 Å². The standard InChI is InChI=1S/C20H25N3O4S/c1-13-6-5-7-14(12-15-17(24)21-18(25)28-15)16(13)22-8-10-23(11-9-22)19(26)27-20(2,3)4/h5-7,12H,8-11H2,1-4H3,(H,21,24,25)/b15-12-. The van der Waals surface area contributed by atoms with Crippen molar-refractivity contribution in [2.45, 2.75) is 33.3 Å². The zero-order valence-corrected chi connectivity index (χ0v) is 17.4. The van der Waals surface area contributed by atoms with Gasteiger partial charge in [-0.25, -0.2) is 4.79 Å². The van der Waals surface area contributed by atoms with E-state index in [1.165, 1.54) is 0 Å². The maximum Gasteiger partial charge on any atom is 0.410 e. The van der Waals surface area contributed by atoms with E-state index in [2.05, 4.69) is 10.2 Å². The number of hydrogen-bond donors (Lipinski definition) is 1. The lowest BCUT2D eigenvalue weighted by Crippen LogP contribution is -2.50. The number of hydrogen-bond acceptors (Lipinski definition) is 6. The summed E-state index contributed by atoms with van der Waals surface area (Å²) in [6.45, 7) is 10.0. The Morgan fingerprint density at radius 1 is 1.18 bits per heavy atom. The number of benzene rings is 1. The molecule has 1 N–H and O–H groups in total. The number of para-hydroxylation sites is 1. The number of carbonyl (C=O) groups excluding carboxylic acids is 3. The number of thioether (sulfide) groups is 1. The van der Waals surface area contributed by atoms with Crippen LogP contribution in [0.1, 0.15) is 31.9 Å². The Balaban J connectivity index is 1.77. The number of rotatable bonds is 2. The van der Waals surface area contributed by atoms with Crippen molar-refractivity contribution < 1.29 is 19.1 Å². The lowest BCUT2D eigenvalue weighted by atomic mass is 10.0. The summed E-state index contributed by atoms with van der Waals surface area (Å²) in [6, 6.07) is 5.89. The molecule has 2 heterocycles. The van der Waals surface area contributed by atoms with Crippen LogP contribution in [-0.2, 0) is 9.53 Å². The summed E-state index contributed by atoms with van der Waals surface area (Å²) in [7, 11) is 0. The van der Waals surface area contributed by atoms with Gasteiger partial charge in [-0.2, -0.15) is 0 Å². The number of anilines is 1. The highest BCUT2D eigenvalue weighted by Gasteiger charge is 2.28. The van der Waals surface area contributed by atoms with Crippen LogP contribution in [0.15, 0.2) is 23.1 Å². The predicted octanol–water partition coefficient (Wildman–Crippen LogP) is 3.38. The third-order valence-electron chi connectivity index (χ3n) is 4.45. The minimum Gasteiger partial charge on any atom is -0.444 e. The largest absolute Gasteiger partial charge is 0.444 e. The van der Waals surface area contributed by atoms with Gasteiger partial charge in [0.25, 0.3) is 11.1 Å². The minimum atomic E-state index is -0.513. The van der Waals surface area contributed by atoms with Crippen molar-refractivity contribution in [2.75, 3.05) is 31.1 Å². The molecule has 0 aliphatic carbocycles. The van der Waals surface area contributed by atoms with Gasteiger partial charge in [-0.05, 0) is 56.7 Å². The van der Waals surface area contributed by atoms with E-state index in [4.69, 9.17) is 4.74 Å². The first-order valence-electron chi connectivity index (χ1n) is 9.21. The molecule has 2 saturated heterocycles. The fraction of sp³-hybridized carbons (Fsp3) is 0.450. The molecule has 150 valence electrons. The Bertz CT molecular complexity index is 836. The molecular weight excluding hydrogens is 378 g/mol. The normalized spacial score (nSPS) is 19.2. The molecule has 0 spiro atoms. The molecule has 3 amide bonds. The van der Waals surface area contributed by atoms with Crippen molar-refractivity contribution in [3.05, 3.63) is 34.2 Å². The van der Waals surface area contributed by atoms with Gasteiger partial charge in [0.2, 0.25) is 0 Å². The number of aryl methyl sites for hydroxylation is 1. The summed E-state index contributed by atoms with van der Waals surface area (Å²) in [5.41, 5.74) is 2.47. The topological polar surface area (TPSA) is 79.0 Å². The zero-order chi connectivity index (χ0) is 20.5. The van der Waals surface area contributed by atoms with E-state index in [0.29, 0.717) is 31.1 Å². The van der Waals surface area contributed by atoms with E-state index in [-0.39, 0.29) is 17.2 Å². The predicted molar refractivity (Wildman–Crippen MR) is 110 cm³/mol. The Labute approximate surface area is 169 Å². The first kappa shape index (κ1) is 20.3. The van der Waals surface area contributed by atoms with Crippen LogP contribution in [0.25, 0.3) is 6.08 Å². The quantitative estimate of drug-likeness (QED) is 0.763. The van der Waals surface area contributed by atoms with Crippen LogP contribution in [0.4, 0.5) is 15.3 Å². The highest BCUT2D eigenvalue weighted by Crippen LogP contribution is 2.32. The van der Waals surface area contributed by atoms with Gasteiger partial charge in [-0.3, -0.25) is 14.9 Å². The van der Waals surface area contributed by atoms with Crippen molar-refractivity contribution in [3.8, 4) is 0 Å². The number of ether oxygens (including phenoxy) is 1. The van der Waals surface area contributed by atoms with Crippen LogP contribution in [0.5, 0.6) is 0 Å². The Morgan fingerprint density at radius 2 is 1.86 bits per heavy atom. The van der Waals surface area contributed by atoms with Crippen LogP contribution in [0, 0.1) is 6.92 Å². The SMILES string of the molecule is Cc1cccc(/C=C2\SC(=O)NC2=O)c1N1CCN(C(=O)OC(C)(C)C)CC1. The van der Waals surface area contributed by atoms with Crippen LogP contribution < -0.4 is 10.2 Å². The van der Waals surface area contributed by atoms with E-state index < -0.39 is 5.60 Å². The monoisotopic (exact) mass is 403 g/mol. The van der Waals surface area contributed by atoms with Gasteiger partial charge in [-0.1, -0.05) is 18.2 Å². The summed E-state index contributed by atoms with van der Waals surface area (Å²) < 4.78 is 5.46. The third-order valence-corrected chi connectivity index (χ3v) is 5.26. The van der Waals surface area contributed by atoms with Crippen LogP contribution in [-0.4, -0.2) is 53.9 Å². The van der Waals surface area contributed by atoms with Gasteiger partial charge in [0.1, 0.15) is 5.60 Å². The van der Waals surface area contributed by atoms with Crippen molar-refractivity contribution in [1.82, 2.24) is 10.2 Å². The highest BCUT2D eigenvalue weighted by atomic mass is 32.2. The molecular formula is C20H25N3O4S. The van der Waals surface area contributed by atoms with E-state index in [1.807, 2.05) is 45.9 Å². The number of imide groups is 1. The Kier molecular flexibility index (Phi) is 5.69. The molecule has 1 aromatic rings. The van der Waals surface area contributed by atoms with Gasteiger partial charge in [0.15, 0.2) is 0 Å². The molecule has 2 fully saturated rings. The van der Waals surface area contributed by atoms with Crippen molar-refractivity contribution in [2.24, 2.45) is 0 Å². The second-order valence-electron chi connectivity index (χ2n) is 7.82. The average molecular weight is 404 g/mol. The minimum absolute atomic E-state index is 0.295. The summed E-state index contributed by atoms with van der Waals surface area (Å²) in [5.74, 6) is -0.364. The fourth-order valence-corrected chi connectivity index (χ4v) is 3.90. The molecule has 2 aliphatic heterocycles. The van der Waals surface area contributed by atoms with Crippen LogP contribution in [0.2, 0.25) is 0 Å². The molecule has 8 heteroatoms. The van der Waals surface area contributed by atoms with E-state index in [1.54, 1.807) is 11.0 Å². The molecule has 3 rings (SSSR count). The fourth-order valence-electron chi connectivity index (χ4n) is 3.23. The summed E-state index contributed by atoms with van der Waals surface area (Å²) in [6.07, 6.45) is 1.46. The molecule has 7 nitrogen and oxygen atoms in total. The van der Waals surface area contributed by atoms with Crippen LogP contribution >= 0.6 is 11.8 Å². The van der Waals surface area contributed by atoms with Crippen molar-refractivity contribution >= 4 is 40.8 Å². The Hall–Kier alpha value is -2.48. The van der Waals surface area contributed by atoms with Gasteiger partial charge < -0.3 is 14.5 Å². The van der Waals surface area contributed by atoms with Crippen LogP contribution in [0.3, 0.4) is 0 Å². The third kappa shape index (κ3) is 4.67. The summed E-state index contributed by atoms with van der Waals surface area (Å²) in [5, 5.41) is 1.93. The van der Waals surface area contributed by atoms with Crippen molar-refractivity contribution in [3.63, 3.8) is 0 Å². The highest BCUT2D eigenvalue weighted by molar-refractivity contribution is 8.18. The van der Waals surface area contributed by atoms with Gasteiger partial charge in [0.05, 0.1) is 4.91 Å². The molecule has 28 heavy (non-hydrogen) atoms. The molecule has 2 aliphatic rings. The molecule has 1 aromatic carbocycles. The maximum atomic E-state index is 12.3. The maximum absolute atomic E-state index is 12.3. The average Bonchev–Trinajstić information content (AvgIpc) is 2.91. The first-order valence-corrected chi connectivity index (χ1v) is 10.0. The second kappa shape index (κ2) is 7.87. The Morgan fingerprint density at radius 3 is 2.43 bits per heavy atom. The number of nitrogens with zero attached hydrogens (tertiary/aromatic N) is 2. The summed E-state index contributed by atoms with van der Waals surface area (Å²) >= 11 is 0.913. The van der Waals surface area contributed by atoms with E-state index >= 15 is 0 Å². The lowest BCUT2D eigenvalue weighted by Gasteiger charge is -2.38. The molecule has 0 atom stereocenters. The number of amides is 3. The van der Waals surface area contributed by atoms with E-state index in [9.17, 15) is 14.4 Å². The molecule has 0 aromatic heterocycles. The molecule has 0 unspecified atom stereocenters. The number of nitrogens with one attached hydrogen (secondary N) is 1. The summed E-state index contributed by atoms with van der Waals surface area (Å²) in [4.78, 5) is 39.9. The number of piperazine rings is 1. The smallest absolute Gasteiger partial charge is 0.410 e. The molecule has 0 bridgehead atoms. The first-order chi connectivity index (χ1) is 13.1. The lowest BCUT2D eigenvalue weighted by molar-refractivity contribution is -0.115. The number of carbonyl (C=O) groups is 3. The van der Waals surface area contributed by atoms with Gasteiger partial charge >= 0.3 is 6.09 Å². The van der Waals surface area contributed by atoms with Crippen molar-refractivity contribution in [1.29, 1.82) is 0 Å². The van der Waals surface area contributed by atoms with Gasteiger partial charge in [-0.15, -0.1) is 0 Å². The zero-order valence-electron chi connectivity index (χ0n) is 16.6. The second-order valence-corrected chi connectivity index (χ2v) is 8.83. The molecule has 0 saturated carbocycles. The molecule has 0 radical (unpaired) electrons.